The molecule has 7 unspecified atom stereocenters. The van der Waals surface area contributed by atoms with Crippen molar-refractivity contribution in [1.82, 2.24) is 5.06 Å². The van der Waals surface area contributed by atoms with Crippen LogP contribution >= 0.6 is 0 Å². The van der Waals surface area contributed by atoms with Crippen LogP contribution in [0.4, 0.5) is 17.6 Å². The van der Waals surface area contributed by atoms with Crippen LogP contribution in [-0.4, -0.2) is 42.3 Å². The van der Waals surface area contributed by atoms with Crippen LogP contribution in [0.15, 0.2) is 12.2 Å². The molecule has 4 bridgehead atoms. The number of carbonyl (C=O) groups is 3. The maximum atomic E-state index is 14.7. The van der Waals surface area contributed by atoms with E-state index >= 15 is 0 Å². The fourth-order valence-corrected chi connectivity index (χ4v) is 6.90. The third kappa shape index (κ3) is 2.34. The van der Waals surface area contributed by atoms with Crippen LogP contribution in [0.3, 0.4) is 0 Å². The number of imide groups is 1. The van der Waals surface area contributed by atoms with Gasteiger partial charge in [0, 0.05) is 18.3 Å². The van der Waals surface area contributed by atoms with Gasteiger partial charge in [-0.05, 0) is 37.0 Å². The smallest absolute Gasteiger partial charge is 0.299 e. The molecule has 1 saturated heterocycles. The molecular formula is C18H17F4NO6S. The predicted molar refractivity (Wildman–Crippen MR) is 88.8 cm³/mol. The van der Waals surface area contributed by atoms with Crippen LogP contribution in [0.2, 0.25) is 0 Å². The number of alkyl halides is 4. The van der Waals surface area contributed by atoms with Gasteiger partial charge in [0.05, 0.1) is 11.8 Å². The van der Waals surface area contributed by atoms with Crippen molar-refractivity contribution in [2.24, 2.45) is 41.4 Å². The lowest BCUT2D eigenvalue weighted by Crippen LogP contribution is -2.55. The Kier molecular flexibility index (Phi) is 3.96. The highest BCUT2D eigenvalue weighted by Gasteiger charge is 2.74. The van der Waals surface area contributed by atoms with Gasteiger partial charge in [-0.3, -0.25) is 14.4 Å². The Balaban J connectivity index is 1.40. The van der Waals surface area contributed by atoms with Gasteiger partial charge < -0.3 is 0 Å². The zero-order valence-corrected chi connectivity index (χ0v) is 16.2. The van der Waals surface area contributed by atoms with E-state index in [0.717, 1.165) is 0 Å². The van der Waals surface area contributed by atoms with Crippen molar-refractivity contribution in [1.29, 1.82) is 0 Å². The topological polar surface area (TPSA) is 97.8 Å². The predicted octanol–water partition coefficient (Wildman–Crippen LogP) is 1.90. The first-order valence-corrected chi connectivity index (χ1v) is 11.1. The minimum atomic E-state index is -6.41. The lowest BCUT2D eigenvalue weighted by atomic mass is 9.83. The minimum absolute atomic E-state index is 0.0122. The number of halogens is 4. The zero-order chi connectivity index (χ0) is 21.8. The summed E-state index contributed by atoms with van der Waals surface area (Å²) in [6.07, 6.45) is 3.49. The molecule has 7 atom stereocenters. The first-order chi connectivity index (χ1) is 13.9. The maximum absolute atomic E-state index is 14.7. The van der Waals surface area contributed by atoms with Crippen LogP contribution in [0.1, 0.15) is 25.7 Å². The molecule has 30 heavy (non-hydrogen) atoms. The van der Waals surface area contributed by atoms with Crippen LogP contribution in [-0.2, 0) is 28.8 Å². The largest absolute Gasteiger partial charge is 0.433 e. The summed E-state index contributed by atoms with van der Waals surface area (Å²) in [4.78, 5) is 36.7. The highest BCUT2D eigenvalue weighted by Crippen LogP contribution is 2.58. The van der Waals surface area contributed by atoms with E-state index in [4.69, 9.17) is 0 Å². The van der Waals surface area contributed by atoms with Gasteiger partial charge >= 0.3 is 21.3 Å². The van der Waals surface area contributed by atoms with Gasteiger partial charge in [-0.25, -0.2) is 0 Å². The Morgan fingerprint density at radius 3 is 2.00 bits per heavy atom. The van der Waals surface area contributed by atoms with Gasteiger partial charge in [0.25, 0.3) is 11.8 Å². The van der Waals surface area contributed by atoms with Crippen molar-refractivity contribution in [2.45, 2.75) is 36.9 Å². The molecule has 164 valence electrons. The second-order valence-corrected chi connectivity index (χ2v) is 10.4. The Bertz CT molecular complexity index is 965. The summed E-state index contributed by atoms with van der Waals surface area (Å²) in [5.74, 6) is -14.5. The van der Waals surface area contributed by atoms with E-state index in [9.17, 15) is 40.4 Å². The summed E-state index contributed by atoms with van der Waals surface area (Å²) in [7, 11) is -6.41. The average Bonchev–Trinajstić information content (AvgIpc) is 3.45. The number of carbonyl (C=O) groups excluding carboxylic acids is 3. The van der Waals surface area contributed by atoms with Gasteiger partial charge in [0.2, 0.25) is 0 Å². The van der Waals surface area contributed by atoms with Gasteiger partial charge in [-0.2, -0.15) is 26.0 Å². The zero-order valence-electron chi connectivity index (χ0n) is 15.3. The van der Waals surface area contributed by atoms with Gasteiger partial charge in [0.1, 0.15) is 5.78 Å². The van der Waals surface area contributed by atoms with Gasteiger partial charge in [-0.1, -0.05) is 12.2 Å². The number of allylic oxidation sites excluding steroid dienone is 2. The molecule has 0 aromatic carbocycles. The standard InChI is InChI=1S/C18H17F4NO6S/c19-17(20,11-4-7-3-10(11)12(24)5-7)18(21,22)30(27,28)29-23-15(25)13-8-1-2-9(6-8)14(13)16(23)26/h1-2,7-11,13-14H,3-6H2. The Hall–Kier alpha value is -1.82. The Morgan fingerprint density at radius 2 is 1.50 bits per heavy atom. The van der Waals surface area contributed by atoms with Crippen LogP contribution in [0.5, 0.6) is 0 Å². The first kappa shape index (κ1) is 20.1. The average molecular weight is 451 g/mol. The van der Waals surface area contributed by atoms with Crippen molar-refractivity contribution in [2.75, 3.05) is 0 Å². The second kappa shape index (κ2) is 5.90. The van der Waals surface area contributed by atoms with Gasteiger partial charge in [0.15, 0.2) is 0 Å². The number of rotatable bonds is 5. The Labute approximate surface area is 168 Å². The van der Waals surface area contributed by atoms with E-state index in [1.807, 2.05) is 0 Å². The number of hydrogen-bond acceptors (Lipinski definition) is 6. The van der Waals surface area contributed by atoms with Gasteiger partial charge in [-0.15, -0.1) is 9.35 Å². The molecule has 5 aliphatic rings. The number of fused-ring (bicyclic) bond motifs is 7. The number of nitrogens with zero attached hydrogens (tertiary/aromatic N) is 1. The molecule has 12 heteroatoms. The summed E-state index contributed by atoms with van der Waals surface area (Å²) in [5, 5.41) is -6.03. The molecule has 0 aromatic heterocycles. The lowest BCUT2D eigenvalue weighted by molar-refractivity contribution is -0.208. The summed E-state index contributed by atoms with van der Waals surface area (Å²) in [6, 6.07) is 0. The van der Waals surface area contributed by atoms with E-state index in [1.165, 1.54) is 0 Å². The summed E-state index contributed by atoms with van der Waals surface area (Å²) < 4.78 is 87.1. The molecule has 5 rings (SSSR count). The van der Waals surface area contributed by atoms with Crippen molar-refractivity contribution in [3.8, 4) is 0 Å². The lowest BCUT2D eigenvalue weighted by Gasteiger charge is -2.34. The number of Topliss-reactive ketones (excluding diaryl/α,β-unsaturated/α-hetero) is 1. The molecule has 0 aromatic rings. The molecule has 1 aliphatic heterocycles. The number of hydrogen-bond donors (Lipinski definition) is 0. The molecule has 4 fully saturated rings. The second-order valence-electron chi connectivity index (χ2n) is 8.86. The van der Waals surface area contributed by atoms with Crippen molar-refractivity contribution in [3.05, 3.63) is 12.2 Å². The summed E-state index contributed by atoms with van der Waals surface area (Å²) >= 11 is 0. The third-order valence-corrected chi connectivity index (χ3v) is 8.58. The van der Waals surface area contributed by atoms with Crippen molar-refractivity contribution < 1.29 is 44.6 Å². The van der Waals surface area contributed by atoms with Crippen LogP contribution in [0, 0.1) is 41.4 Å². The summed E-state index contributed by atoms with van der Waals surface area (Å²) in [5.41, 5.74) is 0. The number of hydroxylamine groups is 2. The molecule has 7 nitrogen and oxygen atoms in total. The van der Waals surface area contributed by atoms with E-state index in [-0.39, 0.29) is 29.7 Å². The fourth-order valence-electron chi connectivity index (χ4n) is 5.98. The van der Waals surface area contributed by atoms with Crippen molar-refractivity contribution >= 4 is 27.7 Å². The third-order valence-electron chi connectivity index (χ3n) is 7.33. The molecular weight excluding hydrogens is 434 g/mol. The molecule has 0 spiro atoms. The van der Waals surface area contributed by atoms with Crippen molar-refractivity contribution in [3.63, 3.8) is 0 Å². The summed E-state index contributed by atoms with van der Waals surface area (Å²) in [6.45, 7) is 0. The maximum Gasteiger partial charge on any atom is 0.433 e. The fraction of sp³-hybridized carbons (Fsp3) is 0.722. The molecule has 4 aliphatic carbocycles. The van der Waals surface area contributed by atoms with Crippen LogP contribution < -0.4 is 0 Å². The normalized spacial score (nSPS) is 40.2. The Morgan fingerprint density at radius 1 is 0.933 bits per heavy atom. The molecule has 0 radical (unpaired) electrons. The monoisotopic (exact) mass is 451 g/mol. The minimum Gasteiger partial charge on any atom is -0.299 e. The highest BCUT2D eigenvalue weighted by atomic mass is 32.2. The van der Waals surface area contributed by atoms with Crippen LogP contribution in [0.25, 0.3) is 0 Å². The quantitative estimate of drug-likeness (QED) is 0.360. The van der Waals surface area contributed by atoms with E-state index < -0.39 is 74.9 Å². The van der Waals surface area contributed by atoms with E-state index in [2.05, 4.69) is 4.28 Å². The van der Waals surface area contributed by atoms with E-state index in [0.29, 0.717) is 6.42 Å². The molecule has 0 N–H and O–H groups in total. The molecule has 3 saturated carbocycles. The highest BCUT2D eigenvalue weighted by molar-refractivity contribution is 7.87. The number of ketones is 1. The SMILES string of the molecule is O=C1CC2CC1C(C(F)(F)C(F)(F)S(=O)(=O)ON1C(=O)C3C4C=CC(C4)C3C1=O)C2. The molecule has 1 heterocycles. The number of amides is 2. The first-order valence-electron chi connectivity index (χ1n) is 9.65. The van der Waals surface area contributed by atoms with E-state index in [1.54, 1.807) is 12.2 Å². The molecule has 2 amide bonds.